The van der Waals surface area contributed by atoms with Gasteiger partial charge < -0.3 is 5.32 Å². The fourth-order valence-corrected chi connectivity index (χ4v) is 3.60. The number of benzene rings is 2. The van der Waals surface area contributed by atoms with Crippen LogP contribution in [0.3, 0.4) is 0 Å². The Morgan fingerprint density at radius 3 is 2.80 bits per heavy atom. The summed E-state index contributed by atoms with van der Waals surface area (Å²) in [5.41, 5.74) is 1.42. The van der Waals surface area contributed by atoms with Crippen molar-refractivity contribution in [3.63, 3.8) is 0 Å². The van der Waals surface area contributed by atoms with Gasteiger partial charge in [-0.3, -0.25) is 0 Å². The molecule has 0 bridgehead atoms. The summed E-state index contributed by atoms with van der Waals surface area (Å²) in [7, 11) is 0. The number of hydrogen-bond donors (Lipinski definition) is 1. The fourth-order valence-electron chi connectivity index (χ4n) is 3.60. The molecule has 106 valence electrons. The van der Waals surface area contributed by atoms with E-state index in [-0.39, 0.29) is 0 Å². The lowest BCUT2D eigenvalue weighted by Gasteiger charge is -2.27. The molecule has 1 aliphatic carbocycles. The molecule has 2 unspecified atom stereocenters. The summed E-state index contributed by atoms with van der Waals surface area (Å²) in [5, 5.41) is 6.42. The van der Waals surface area contributed by atoms with E-state index in [2.05, 4.69) is 54.7 Å². The third-order valence-electron chi connectivity index (χ3n) is 4.67. The van der Waals surface area contributed by atoms with Crippen molar-refractivity contribution in [2.24, 2.45) is 11.8 Å². The molecular weight excluding hydrogens is 242 g/mol. The smallest absolute Gasteiger partial charge is 0.0211 e. The second-order valence-electron chi connectivity index (χ2n) is 6.41. The Balaban J connectivity index is 1.60. The normalized spacial score (nSPS) is 23.1. The number of fused-ring (bicyclic) bond motifs is 1. The molecule has 1 N–H and O–H groups in total. The Hall–Kier alpha value is -1.34. The van der Waals surface area contributed by atoms with Gasteiger partial charge in [-0.15, -0.1) is 0 Å². The summed E-state index contributed by atoms with van der Waals surface area (Å²) in [6.07, 6.45) is 5.66. The molecule has 1 saturated carbocycles. The molecular formula is C19H25N. The van der Waals surface area contributed by atoms with Crippen molar-refractivity contribution in [3.8, 4) is 0 Å². The predicted molar refractivity (Wildman–Crippen MR) is 86.8 cm³/mol. The molecule has 0 saturated heterocycles. The van der Waals surface area contributed by atoms with E-state index in [1.54, 1.807) is 0 Å². The SMILES string of the molecule is CC1CCCC(CNCc2cccc3ccccc23)C1. The molecule has 0 aliphatic heterocycles. The van der Waals surface area contributed by atoms with Crippen molar-refractivity contribution in [3.05, 3.63) is 48.0 Å². The first-order valence-electron chi connectivity index (χ1n) is 8.00. The fraction of sp³-hybridized carbons (Fsp3) is 0.474. The van der Waals surface area contributed by atoms with Gasteiger partial charge in [-0.25, -0.2) is 0 Å². The largest absolute Gasteiger partial charge is 0.312 e. The van der Waals surface area contributed by atoms with Crippen LogP contribution in [0, 0.1) is 11.8 Å². The standard InChI is InChI=1S/C19H25N/c1-15-6-4-7-16(12-15)13-20-14-18-10-5-9-17-8-2-3-11-19(17)18/h2-3,5,8-11,15-16,20H,4,6-7,12-14H2,1H3. The zero-order valence-corrected chi connectivity index (χ0v) is 12.4. The molecule has 0 aromatic heterocycles. The average Bonchev–Trinajstić information content (AvgIpc) is 2.48. The summed E-state index contributed by atoms with van der Waals surface area (Å²) in [5.74, 6) is 1.81. The number of hydrogen-bond acceptors (Lipinski definition) is 1. The van der Waals surface area contributed by atoms with Crippen LogP contribution in [-0.4, -0.2) is 6.54 Å². The first-order valence-corrected chi connectivity index (χ1v) is 8.00. The van der Waals surface area contributed by atoms with Gasteiger partial charge in [0.1, 0.15) is 0 Å². The van der Waals surface area contributed by atoms with Crippen LogP contribution in [0.1, 0.15) is 38.2 Å². The highest BCUT2D eigenvalue weighted by molar-refractivity contribution is 5.85. The molecule has 0 radical (unpaired) electrons. The topological polar surface area (TPSA) is 12.0 Å². The zero-order chi connectivity index (χ0) is 13.8. The van der Waals surface area contributed by atoms with Gasteiger partial charge in [0.2, 0.25) is 0 Å². The van der Waals surface area contributed by atoms with Gasteiger partial charge in [-0.1, -0.05) is 62.2 Å². The van der Waals surface area contributed by atoms with Crippen molar-refractivity contribution in [2.45, 2.75) is 39.2 Å². The van der Waals surface area contributed by atoms with Crippen molar-refractivity contribution >= 4 is 10.8 Å². The van der Waals surface area contributed by atoms with E-state index in [9.17, 15) is 0 Å². The quantitative estimate of drug-likeness (QED) is 0.842. The second kappa shape index (κ2) is 6.41. The van der Waals surface area contributed by atoms with Crippen LogP contribution in [0.5, 0.6) is 0 Å². The van der Waals surface area contributed by atoms with Gasteiger partial charge in [0, 0.05) is 6.54 Å². The third-order valence-corrected chi connectivity index (χ3v) is 4.67. The molecule has 20 heavy (non-hydrogen) atoms. The van der Waals surface area contributed by atoms with Crippen molar-refractivity contribution < 1.29 is 0 Å². The lowest BCUT2D eigenvalue weighted by molar-refractivity contribution is 0.274. The summed E-state index contributed by atoms with van der Waals surface area (Å²) >= 11 is 0. The van der Waals surface area contributed by atoms with Crippen LogP contribution in [0.25, 0.3) is 10.8 Å². The monoisotopic (exact) mass is 267 g/mol. The Kier molecular flexibility index (Phi) is 4.37. The van der Waals surface area contributed by atoms with Crippen LogP contribution in [0.15, 0.2) is 42.5 Å². The summed E-state index contributed by atoms with van der Waals surface area (Å²) in [6, 6.07) is 15.3. The Morgan fingerprint density at radius 2 is 1.90 bits per heavy atom. The Labute approximate surface area is 122 Å². The van der Waals surface area contributed by atoms with E-state index in [1.807, 2.05) is 0 Å². The van der Waals surface area contributed by atoms with Gasteiger partial charge in [0.15, 0.2) is 0 Å². The van der Waals surface area contributed by atoms with Crippen molar-refractivity contribution in [1.29, 1.82) is 0 Å². The van der Waals surface area contributed by atoms with E-state index in [4.69, 9.17) is 0 Å². The van der Waals surface area contributed by atoms with Gasteiger partial charge in [0.25, 0.3) is 0 Å². The highest BCUT2D eigenvalue weighted by atomic mass is 14.9. The minimum Gasteiger partial charge on any atom is -0.312 e. The predicted octanol–water partition coefficient (Wildman–Crippen LogP) is 4.76. The van der Waals surface area contributed by atoms with Crippen LogP contribution in [0.4, 0.5) is 0 Å². The minimum absolute atomic E-state index is 0.883. The van der Waals surface area contributed by atoms with Gasteiger partial charge in [0.05, 0.1) is 0 Å². The second-order valence-corrected chi connectivity index (χ2v) is 6.41. The summed E-state index contributed by atoms with van der Waals surface area (Å²) < 4.78 is 0. The van der Waals surface area contributed by atoms with Crippen LogP contribution >= 0.6 is 0 Å². The molecule has 0 heterocycles. The highest BCUT2D eigenvalue weighted by Crippen LogP contribution is 2.28. The van der Waals surface area contributed by atoms with E-state index in [0.29, 0.717) is 0 Å². The number of nitrogens with one attached hydrogen (secondary N) is 1. The Bertz CT molecular complexity index is 555. The molecule has 1 heteroatoms. The molecule has 2 aromatic carbocycles. The molecule has 1 fully saturated rings. The number of rotatable bonds is 4. The molecule has 3 rings (SSSR count). The molecule has 1 aliphatic rings. The van der Waals surface area contributed by atoms with E-state index in [0.717, 1.165) is 18.4 Å². The highest BCUT2D eigenvalue weighted by Gasteiger charge is 2.18. The van der Waals surface area contributed by atoms with Gasteiger partial charge in [-0.05, 0) is 47.6 Å². The van der Waals surface area contributed by atoms with Gasteiger partial charge in [-0.2, -0.15) is 0 Å². The maximum Gasteiger partial charge on any atom is 0.0211 e. The van der Waals surface area contributed by atoms with Crippen LogP contribution < -0.4 is 5.32 Å². The van der Waals surface area contributed by atoms with Crippen LogP contribution in [0.2, 0.25) is 0 Å². The minimum atomic E-state index is 0.883. The molecule has 2 atom stereocenters. The van der Waals surface area contributed by atoms with Crippen molar-refractivity contribution in [1.82, 2.24) is 5.32 Å². The lowest BCUT2D eigenvalue weighted by Crippen LogP contribution is -2.26. The first-order chi connectivity index (χ1) is 9.83. The van der Waals surface area contributed by atoms with E-state index >= 15 is 0 Å². The average molecular weight is 267 g/mol. The summed E-state index contributed by atoms with van der Waals surface area (Å²) in [6.45, 7) is 4.57. The molecule has 1 nitrogen and oxygen atoms in total. The zero-order valence-electron chi connectivity index (χ0n) is 12.4. The third kappa shape index (κ3) is 3.21. The lowest BCUT2D eigenvalue weighted by atomic mass is 9.82. The Morgan fingerprint density at radius 1 is 1.05 bits per heavy atom. The molecule has 2 aromatic rings. The first kappa shape index (κ1) is 13.6. The van der Waals surface area contributed by atoms with Gasteiger partial charge >= 0.3 is 0 Å². The summed E-state index contributed by atoms with van der Waals surface area (Å²) in [4.78, 5) is 0. The van der Waals surface area contributed by atoms with E-state index in [1.165, 1.54) is 48.6 Å². The molecule has 0 spiro atoms. The maximum absolute atomic E-state index is 3.68. The van der Waals surface area contributed by atoms with Crippen LogP contribution in [-0.2, 0) is 6.54 Å². The maximum atomic E-state index is 3.68. The molecule has 0 amide bonds. The van der Waals surface area contributed by atoms with Crippen molar-refractivity contribution in [2.75, 3.05) is 6.54 Å². The van der Waals surface area contributed by atoms with E-state index < -0.39 is 0 Å².